The first-order valence-corrected chi connectivity index (χ1v) is 31.3. The molecule has 1 aliphatic heterocycles. The molecule has 8 atom stereocenters. The third-order valence-electron chi connectivity index (χ3n) is 14.8. The summed E-state index contributed by atoms with van der Waals surface area (Å²) >= 11 is 0. The van der Waals surface area contributed by atoms with Gasteiger partial charge in [-0.15, -0.1) is 0 Å². The lowest BCUT2D eigenvalue weighted by Crippen LogP contribution is -2.61. The largest absolute Gasteiger partial charge is 0.454 e. The van der Waals surface area contributed by atoms with Crippen LogP contribution >= 0.6 is 0 Å². The van der Waals surface area contributed by atoms with Crippen LogP contribution in [0.15, 0.2) is 36.5 Å². The number of carbonyl (C=O) groups excluding carboxylic acids is 2. The molecule has 11 heteroatoms. The molecule has 8 unspecified atom stereocenters. The number of carbonyl (C=O) groups is 2. The second-order valence-corrected chi connectivity index (χ2v) is 21.8. The van der Waals surface area contributed by atoms with Gasteiger partial charge in [0, 0.05) is 6.42 Å². The Morgan fingerprint density at radius 2 is 0.892 bits per heavy atom. The lowest BCUT2D eigenvalue weighted by Gasteiger charge is -2.41. The summed E-state index contributed by atoms with van der Waals surface area (Å²) in [4.78, 5) is 26.5. The predicted octanol–water partition coefficient (Wildman–Crippen LogP) is 14.7. The molecular formula is C63H117NO10. The van der Waals surface area contributed by atoms with Gasteiger partial charge in [-0.25, -0.2) is 0 Å². The summed E-state index contributed by atoms with van der Waals surface area (Å²) in [5, 5.41) is 57.0. The summed E-state index contributed by atoms with van der Waals surface area (Å²) < 4.78 is 17.6. The van der Waals surface area contributed by atoms with Crippen molar-refractivity contribution in [3.63, 3.8) is 0 Å². The maximum atomic E-state index is 13.4. The van der Waals surface area contributed by atoms with Crippen molar-refractivity contribution < 1.29 is 49.3 Å². The summed E-state index contributed by atoms with van der Waals surface area (Å²) in [5.74, 6) is -1.19. The highest BCUT2D eigenvalue weighted by Crippen LogP contribution is 2.26. The van der Waals surface area contributed by atoms with Crippen molar-refractivity contribution in [3.8, 4) is 0 Å². The van der Waals surface area contributed by atoms with Crippen LogP contribution < -0.4 is 5.32 Å². The monoisotopic (exact) mass is 1050 g/mol. The first-order chi connectivity index (χ1) is 36.2. The molecule has 74 heavy (non-hydrogen) atoms. The number of allylic oxidation sites excluding steroid dienone is 5. The molecule has 0 aromatic heterocycles. The first kappa shape index (κ1) is 69.9. The lowest BCUT2D eigenvalue weighted by atomic mass is 9.99. The number of aliphatic hydroxyl groups is 5. The number of nitrogens with one attached hydrogen (secondary N) is 1. The number of rotatable bonds is 53. The van der Waals surface area contributed by atoms with Crippen LogP contribution in [0.4, 0.5) is 0 Å². The van der Waals surface area contributed by atoms with Crippen LogP contribution in [0.25, 0.3) is 0 Å². The molecule has 434 valence electrons. The van der Waals surface area contributed by atoms with Gasteiger partial charge in [-0.2, -0.15) is 0 Å². The third-order valence-corrected chi connectivity index (χ3v) is 14.8. The van der Waals surface area contributed by atoms with Crippen LogP contribution in [0.3, 0.4) is 0 Å². The minimum absolute atomic E-state index is 0.120. The fraction of sp³-hybridized carbons (Fsp3) is 0.873. The van der Waals surface area contributed by atoms with E-state index in [1.54, 1.807) is 6.08 Å². The lowest BCUT2D eigenvalue weighted by molar-refractivity contribution is -0.305. The zero-order chi connectivity index (χ0) is 54.0. The smallest absolute Gasteiger partial charge is 0.306 e. The highest BCUT2D eigenvalue weighted by Gasteiger charge is 2.47. The Kier molecular flexibility index (Phi) is 48.8. The summed E-state index contributed by atoms with van der Waals surface area (Å²) in [6.45, 7) is 5.78. The molecule has 0 aliphatic carbocycles. The number of esters is 1. The van der Waals surface area contributed by atoms with E-state index >= 15 is 0 Å². The minimum Gasteiger partial charge on any atom is -0.454 e. The molecule has 11 nitrogen and oxygen atoms in total. The number of unbranched alkanes of at least 4 members (excludes halogenated alkanes) is 35. The van der Waals surface area contributed by atoms with Crippen LogP contribution in [0, 0.1) is 0 Å². The third kappa shape index (κ3) is 39.3. The highest BCUT2D eigenvalue weighted by atomic mass is 16.7. The number of aliphatic hydroxyl groups excluding tert-OH is 5. The van der Waals surface area contributed by atoms with Crippen LogP contribution in [0.2, 0.25) is 0 Å². The van der Waals surface area contributed by atoms with E-state index in [0.29, 0.717) is 19.3 Å². The Balaban J connectivity index is 2.68. The van der Waals surface area contributed by atoms with Crippen molar-refractivity contribution in [3.05, 3.63) is 36.5 Å². The Hall–Kier alpha value is -2.12. The topological polar surface area (TPSA) is 175 Å². The molecule has 0 aromatic carbocycles. The van der Waals surface area contributed by atoms with E-state index in [2.05, 4.69) is 50.4 Å². The van der Waals surface area contributed by atoms with Gasteiger partial charge < -0.3 is 45.1 Å². The number of hydrogen-bond donors (Lipinski definition) is 6. The Bertz CT molecular complexity index is 1340. The Morgan fingerprint density at radius 1 is 0.514 bits per heavy atom. The molecule has 1 rings (SSSR count). The summed E-state index contributed by atoms with van der Waals surface area (Å²) in [5.41, 5.74) is 0. The molecule has 1 fully saturated rings. The molecular weight excluding hydrogens is 931 g/mol. The SMILES string of the molecule is CCCCCC/C=C\CCCCCCCCCC(=O)OC1C(OCC(NC(=O)C(O)CCCCCCCCCC/C=C/CCCCCCCC)C(O)/C=C/CCCCCCCCCCCC)OC(CO)C(O)C1O. The van der Waals surface area contributed by atoms with Crippen molar-refractivity contribution in [2.24, 2.45) is 0 Å². The van der Waals surface area contributed by atoms with Crippen LogP contribution in [-0.4, -0.2) is 99.6 Å². The summed E-state index contributed by atoms with van der Waals surface area (Å²) in [7, 11) is 0. The molecule has 1 amide bonds. The van der Waals surface area contributed by atoms with E-state index < -0.39 is 67.4 Å². The Morgan fingerprint density at radius 3 is 1.32 bits per heavy atom. The van der Waals surface area contributed by atoms with Gasteiger partial charge in [-0.05, 0) is 77.0 Å². The predicted molar refractivity (Wildman–Crippen MR) is 306 cm³/mol. The number of amides is 1. The van der Waals surface area contributed by atoms with Crippen LogP contribution in [0.5, 0.6) is 0 Å². The zero-order valence-corrected chi connectivity index (χ0v) is 48.0. The van der Waals surface area contributed by atoms with E-state index in [-0.39, 0.29) is 13.0 Å². The average molecular weight is 1050 g/mol. The fourth-order valence-electron chi connectivity index (χ4n) is 9.76. The van der Waals surface area contributed by atoms with Crippen LogP contribution in [-0.2, 0) is 23.8 Å². The quantitative estimate of drug-likeness (QED) is 0.0195. The molecule has 0 radical (unpaired) electrons. The number of hydrogen-bond acceptors (Lipinski definition) is 10. The van der Waals surface area contributed by atoms with Crippen molar-refractivity contribution in [2.45, 2.75) is 339 Å². The second-order valence-electron chi connectivity index (χ2n) is 21.8. The van der Waals surface area contributed by atoms with Gasteiger partial charge in [0.1, 0.15) is 24.4 Å². The van der Waals surface area contributed by atoms with Gasteiger partial charge in [-0.3, -0.25) is 9.59 Å². The van der Waals surface area contributed by atoms with Crippen molar-refractivity contribution in [1.82, 2.24) is 5.32 Å². The minimum atomic E-state index is -1.61. The molecule has 0 aromatic rings. The maximum absolute atomic E-state index is 13.4. The van der Waals surface area contributed by atoms with Crippen LogP contribution in [0.1, 0.15) is 290 Å². The van der Waals surface area contributed by atoms with Gasteiger partial charge >= 0.3 is 5.97 Å². The van der Waals surface area contributed by atoms with Gasteiger partial charge in [-0.1, -0.05) is 243 Å². The summed E-state index contributed by atoms with van der Waals surface area (Å²) in [6.07, 6.45) is 50.3. The highest BCUT2D eigenvalue weighted by molar-refractivity contribution is 5.80. The molecule has 1 heterocycles. The second kappa shape index (κ2) is 51.6. The Labute approximate surface area is 453 Å². The molecule has 1 aliphatic rings. The average Bonchev–Trinajstić information content (AvgIpc) is 3.40. The summed E-state index contributed by atoms with van der Waals surface area (Å²) in [6, 6.07) is -1.02. The van der Waals surface area contributed by atoms with Gasteiger partial charge in [0.25, 0.3) is 0 Å². The van der Waals surface area contributed by atoms with Crippen molar-refractivity contribution in [1.29, 1.82) is 0 Å². The van der Waals surface area contributed by atoms with E-state index in [9.17, 15) is 35.1 Å². The van der Waals surface area contributed by atoms with Gasteiger partial charge in [0.05, 0.1) is 25.4 Å². The number of ether oxygens (including phenoxy) is 3. The van der Waals surface area contributed by atoms with E-state index in [1.807, 2.05) is 6.08 Å². The molecule has 0 spiro atoms. The zero-order valence-electron chi connectivity index (χ0n) is 48.0. The van der Waals surface area contributed by atoms with Crippen molar-refractivity contribution >= 4 is 11.9 Å². The van der Waals surface area contributed by atoms with Crippen molar-refractivity contribution in [2.75, 3.05) is 13.2 Å². The standard InChI is InChI=1S/C63H117NO10/c1-4-7-10-13-16-19-22-25-27-28-29-31-32-35-38-41-44-47-50-56(67)62(71)64-54(55(66)49-46-43-40-37-34-24-21-18-15-12-9-6-3)53-72-63-61(60(70)59(69)57(52-65)73-63)74-58(68)51-48-45-42-39-36-33-30-26-23-20-17-14-11-8-5-2/h20,23,25,27,46,49,54-57,59-61,63,65-67,69-70H,4-19,21-22,24,26,28-45,47-48,50-53H2,1-3H3,(H,64,71)/b23-20-,27-25+,49-46+. The van der Waals surface area contributed by atoms with E-state index in [1.165, 1.54) is 167 Å². The maximum Gasteiger partial charge on any atom is 0.306 e. The fourth-order valence-corrected chi connectivity index (χ4v) is 9.76. The van der Waals surface area contributed by atoms with Gasteiger partial charge in [0.2, 0.25) is 5.91 Å². The first-order valence-electron chi connectivity index (χ1n) is 31.3. The molecule has 6 N–H and O–H groups in total. The normalized spacial score (nSPS) is 19.5. The molecule has 0 bridgehead atoms. The molecule has 1 saturated heterocycles. The van der Waals surface area contributed by atoms with Gasteiger partial charge in [0.15, 0.2) is 12.4 Å². The van der Waals surface area contributed by atoms with E-state index in [4.69, 9.17) is 14.2 Å². The van der Waals surface area contributed by atoms with E-state index in [0.717, 1.165) is 77.0 Å². The molecule has 0 saturated carbocycles.